The van der Waals surface area contributed by atoms with Crippen molar-refractivity contribution in [3.63, 3.8) is 0 Å². The van der Waals surface area contributed by atoms with Gasteiger partial charge in [-0.2, -0.15) is 0 Å². The fourth-order valence-corrected chi connectivity index (χ4v) is 11.1. The average Bonchev–Trinajstić information content (AvgIpc) is 1.02. The van der Waals surface area contributed by atoms with Crippen molar-refractivity contribution in [3.8, 4) is 5.75 Å². The maximum Gasteiger partial charge on any atom is 0.246 e. The Bertz CT molecular complexity index is 2630. The van der Waals surface area contributed by atoms with Gasteiger partial charge in [0.25, 0.3) is 0 Å². The summed E-state index contributed by atoms with van der Waals surface area (Å²) in [5.74, 6) is -10.2. The first-order valence-corrected chi connectivity index (χ1v) is 31.4. The lowest BCUT2D eigenvalue weighted by molar-refractivity contribution is -0.157. The van der Waals surface area contributed by atoms with Gasteiger partial charge in [0.15, 0.2) is 0 Å². The lowest BCUT2D eigenvalue weighted by Gasteiger charge is -2.41. The minimum absolute atomic E-state index is 0.0114. The number of aromatic hydroxyl groups is 1. The molecule has 1 aliphatic rings. The second-order valence-corrected chi connectivity index (χ2v) is 26.3. The first-order valence-electron chi connectivity index (χ1n) is 31.4. The molecule has 0 bridgehead atoms. The molecule has 0 aliphatic carbocycles. The zero-order valence-electron chi connectivity index (χ0n) is 57.2. The lowest BCUT2D eigenvalue weighted by atomic mass is 9.91. The van der Waals surface area contributed by atoms with E-state index in [0.29, 0.717) is 12.0 Å². The highest BCUT2D eigenvalue weighted by Gasteiger charge is 2.46. The molecular formula is C65H109N11O13. The van der Waals surface area contributed by atoms with Crippen LogP contribution in [-0.4, -0.2) is 232 Å². The van der Waals surface area contributed by atoms with Gasteiger partial charge in [-0.1, -0.05) is 107 Å². The molecule has 11 amide bonds. The Morgan fingerprint density at radius 1 is 0.506 bits per heavy atom. The van der Waals surface area contributed by atoms with Crippen LogP contribution in [0.3, 0.4) is 0 Å². The Labute approximate surface area is 529 Å². The molecule has 0 radical (unpaired) electrons. The molecule has 502 valence electrons. The number of carbonyl (C=O) groups is 11. The van der Waals surface area contributed by atoms with Crippen molar-refractivity contribution in [1.82, 2.24) is 55.6 Å². The van der Waals surface area contributed by atoms with Crippen molar-refractivity contribution in [3.05, 3.63) is 42.0 Å². The maximum absolute atomic E-state index is 15.2. The second-order valence-electron chi connectivity index (χ2n) is 26.3. The summed E-state index contributed by atoms with van der Waals surface area (Å²) in [5, 5.41) is 33.2. The second kappa shape index (κ2) is 35.3. The molecule has 89 heavy (non-hydrogen) atoms. The number of hydrogen-bond donors (Lipinski definition) is 6. The number of aliphatic hydroxyl groups is 1. The van der Waals surface area contributed by atoms with Crippen LogP contribution in [-0.2, 0) is 59.2 Å². The molecule has 0 aromatic heterocycles. The molecule has 1 fully saturated rings. The van der Waals surface area contributed by atoms with E-state index in [1.165, 1.54) is 94.9 Å². The predicted molar refractivity (Wildman–Crippen MR) is 341 cm³/mol. The largest absolute Gasteiger partial charge is 0.508 e. The van der Waals surface area contributed by atoms with Gasteiger partial charge in [0.05, 0.1) is 12.6 Å². The van der Waals surface area contributed by atoms with Gasteiger partial charge >= 0.3 is 0 Å². The number of benzene rings is 1. The molecular weight excluding hydrogens is 1140 g/mol. The van der Waals surface area contributed by atoms with Gasteiger partial charge in [0.1, 0.15) is 66.2 Å². The number of aliphatic hydroxyl groups excluding tert-OH is 1. The molecule has 0 saturated carbocycles. The zero-order chi connectivity index (χ0) is 68.4. The number of nitrogens with zero attached hydrogens (tertiary/aromatic N) is 7. The average molecular weight is 1250 g/mol. The molecule has 24 nitrogen and oxygen atoms in total. The van der Waals surface area contributed by atoms with Crippen LogP contribution in [0, 0.1) is 35.5 Å². The van der Waals surface area contributed by atoms with E-state index in [2.05, 4.69) is 21.3 Å². The highest BCUT2D eigenvalue weighted by Crippen LogP contribution is 2.26. The highest BCUT2D eigenvalue weighted by molar-refractivity contribution is 5.99. The number of carbonyl (C=O) groups excluding carboxylic acids is 11. The van der Waals surface area contributed by atoms with Crippen molar-refractivity contribution >= 4 is 65.0 Å². The third-order valence-electron chi connectivity index (χ3n) is 16.7. The van der Waals surface area contributed by atoms with Gasteiger partial charge < -0.3 is 65.8 Å². The molecule has 1 heterocycles. The van der Waals surface area contributed by atoms with Crippen molar-refractivity contribution in [1.29, 1.82) is 0 Å². The Kier molecular flexibility index (Phi) is 31.0. The molecule has 1 saturated heterocycles. The molecule has 0 spiro atoms. The first kappa shape index (κ1) is 78.0. The number of hydrogen-bond acceptors (Lipinski definition) is 13. The summed E-state index contributed by atoms with van der Waals surface area (Å²) >= 11 is 0. The topological polar surface area (TPSA) is 299 Å². The molecule has 2 rings (SSSR count). The third kappa shape index (κ3) is 21.5. The Balaban J connectivity index is 3.01. The molecule has 12 atom stereocenters. The van der Waals surface area contributed by atoms with Crippen molar-refractivity contribution in [2.24, 2.45) is 35.5 Å². The van der Waals surface area contributed by atoms with Crippen molar-refractivity contribution < 1.29 is 63.0 Å². The molecule has 24 heteroatoms. The molecule has 1 aromatic rings. The summed E-state index contributed by atoms with van der Waals surface area (Å²) in [6, 6.07) is -6.87. The quantitative estimate of drug-likeness (QED) is 0.138. The smallest absolute Gasteiger partial charge is 0.246 e. The Morgan fingerprint density at radius 2 is 0.966 bits per heavy atom. The van der Waals surface area contributed by atoms with E-state index < -0.39 is 156 Å². The molecule has 6 N–H and O–H groups in total. The standard InChI is InChI=1S/C65H109N11O13/c1-23-25-26-41(13)55(79)54-59(83)68-46(24-2)61(85)70(16)35-51(78)71(17)48(34-44-27-29-45(77)30-28-44)58(82)69-52(39(9)10)64(88)72(18)47(31-36(3)4)57(81)66-42(14)56(80)67-43(15)60(84)73(19)49(32-37(5)6)62(86)74(20)50(33-38(7)8)63(87)75(21)53(40(11)12)65(89)76(54)22/h23,25,27-30,36-43,46-50,52-55,77,79H,24,26,31-35H2,1-22H3,(H,66,81)(H,67,80)(H,68,83)(H,69,82)/b25-23+/t41-,42+,43-,46+,47+,48+,49+,50+,52+,53+,54+,55-/m1/s1. The van der Waals surface area contributed by atoms with Crippen LogP contribution in [0.2, 0.25) is 0 Å². The normalized spacial score (nSPS) is 26.1. The van der Waals surface area contributed by atoms with Gasteiger partial charge in [0, 0.05) is 55.8 Å². The summed E-state index contributed by atoms with van der Waals surface area (Å²) < 4.78 is 0. The maximum atomic E-state index is 15.2. The van der Waals surface area contributed by atoms with E-state index in [-0.39, 0.29) is 55.6 Å². The van der Waals surface area contributed by atoms with E-state index in [0.717, 1.165) is 14.7 Å². The number of nitrogens with one attached hydrogen (secondary N) is 4. The fraction of sp³-hybridized carbons (Fsp3) is 0.708. The van der Waals surface area contributed by atoms with Gasteiger partial charge in [-0.25, -0.2) is 0 Å². The first-order chi connectivity index (χ1) is 41.3. The zero-order valence-corrected chi connectivity index (χ0v) is 57.2. The number of phenols is 1. The van der Waals surface area contributed by atoms with Crippen molar-refractivity contribution in [2.45, 2.75) is 209 Å². The van der Waals surface area contributed by atoms with E-state index in [9.17, 15) is 53.4 Å². The predicted octanol–water partition coefficient (Wildman–Crippen LogP) is 3.17. The molecule has 0 unspecified atom stereocenters. The van der Waals surface area contributed by atoms with Crippen LogP contribution in [0.15, 0.2) is 36.4 Å². The monoisotopic (exact) mass is 1250 g/mol. The number of likely N-dealkylation sites (N-methyl/N-ethyl adjacent to an activating group) is 7. The molecule has 1 aromatic carbocycles. The van der Waals surface area contributed by atoms with E-state index in [1.54, 1.807) is 72.8 Å². The van der Waals surface area contributed by atoms with Crippen LogP contribution < -0.4 is 21.3 Å². The number of rotatable bonds is 15. The van der Waals surface area contributed by atoms with Gasteiger partial charge in [0.2, 0.25) is 65.0 Å². The Hall–Kier alpha value is -7.11. The number of amides is 11. The van der Waals surface area contributed by atoms with Crippen LogP contribution in [0.25, 0.3) is 0 Å². The minimum atomic E-state index is -1.64. The van der Waals surface area contributed by atoms with E-state index in [1.807, 2.05) is 41.5 Å². The van der Waals surface area contributed by atoms with Crippen LogP contribution >= 0.6 is 0 Å². The summed E-state index contributed by atoms with van der Waals surface area (Å²) in [6.45, 7) is 25.3. The van der Waals surface area contributed by atoms with Crippen LogP contribution in [0.5, 0.6) is 5.75 Å². The minimum Gasteiger partial charge on any atom is -0.508 e. The van der Waals surface area contributed by atoms with Crippen LogP contribution in [0.1, 0.15) is 142 Å². The summed E-state index contributed by atoms with van der Waals surface area (Å²) in [5.41, 5.74) is 0.521. The van der Waals surface area contributed by atoms with Gasteiger partial charge in [-0.05, 0) is 106 Å². The Morgan fingerprint density at radius 3 is 1.45 bits per heavy atom. The summed E-state index contributed by atoms with van der Waals surface area (Å²) in [7, 11) is 9.76. The lowest BCUT2D eigenvalue weighted by Crippen LogP contribution is -2.63. The van der Waals surface area contributed by atoms with E-state index >= 15 is 9.59 Å². The number of phenolic OH excluding ortho intramolecular Hbond substituents is 1. The summed E-state index contributed by atoms with van der Waals surface area (Å²) in [6.07, 6.45) is 2.61. The van der Waals surface area contributed by atoms with E-state index in [4.69, 9.17) is 0 Å². The van der Waals surface area contributed by atoms with Crippen molar-refractivity contribution in [2.75, 3.05) is 55.9 Å². The number of allylic oxidation sites excluding steroid dienone is 2. The molecule has 1 aliphatic heterocycles. The SMILES string of the molecule is C/C=C/C[C@@H](C)[C@@H](O)[C@H]1C(=O)N[C@@H](CC)C(=O)N(C)CC(=O)N(C)[C@@H](Cc2ccc(O)cc2)C(=O)N[C@@H](C(C)C)C(=O)N(C)[C@@H](CC(C)C)C(=O)N[C@@H](C)C(=O)N[C@H](C)C(=O)N(C)[C@@H](CC(C)C)C(=O)N(C)[C@@H](CC(C)C)C(=O)N(C)[C@@H](C(C)C)C(=O)N1C. The fourth-order valence-electron chi connectivity index (χ4n) is 11.1. The van der Waals surface area contributed by atoms with Crippen LogP contribution in [0.4, 0.5) is 0 Å². The third-order valence-corrected chi connectivity index (χ3v) is 16.7. The van der Waals surface area contributed by atoms with Gasteiger partial charge in [-0.3, -0.25) is 52.7 Å². The summed E-state index contributed by atoms with van der Waals surface area (Å²) in [4.78, 5) is 169. The highest BCUT2D eigenvalue weighted by atomic mass is 16.3. The van der Waals surface area contributed by atoms with Gasteiger partial charge in [-0.15, -0.1) is 0 Å².